The summed E-state index contributed by atoms with van der Waals surface area (Å²) in [7, 11) is 2.23. The first kappa shape index (κ1) is 10.6. The summed E-state index contributed by atoms with van der Waals surface area (Å²) in [4.78, 5) is 2.49. The van der Waals surface area contributed by atoms with E-state index in [0.717, 1.165) is 18.0 Å². The van der Waals surface area contributed by atoms with Crippen LogP contribution in [0.1, 0.15) is 30.4 Å². The minimum atomic E-state index is 0.624. The van der Waals surface area contributed by atoms with Gasteiger partial charge in [0, 0.05) is 12.1 Å². The fraction of sp³-hybridized carbons (Fsp3) is 0.400. The third-order valence-electron chi connectivity index (χ3n) is 4.13. The fourth-order valence-electron chi connectivity index (χ4n) is 3.02. The third-order valence-corrected chi connectivity index (χ3v) is 4.13. The van der Waals surface area contributed by atoms with Gasteiger partial charge >= 0.3 is 0 Å². The van der Waals surface area contributed by atoms with Crippen LogP contribution in [0.2, 0.25) is 0 Å². The fourth-order valence-corrected chi connectivity index (χ4v) is 3.02. The maximum atomic E-state index is 8.80. The van der Waals surface area contributed by atoms with Crippen molar-refractivity contribution in [2.75, 3.05) is 7.05 Å². The van der Waals surface area contributed by atoms with Crippen LogP contribution in [0, 0.1) is 11.3 Å². The first-order valence-corrected chi connectivity index (χ1v) is 6.21. The number of rotatable bonds is 1. The van der Waals surface area contributed by atoms with E-state index in [1.807, 2.05) is 12.1 Å². The van der Waals surface area contributed by atoms with Crippen LogP contribution in [0.25, 0.3) is 5.57 Å². The third kappa shape index (κ3) is 1.77. The molecule has 0 amide bonds. The van der Waals surface area contributed by atoms with E-state index in [0.29, 0.717) is 6.04 Å². The van der Waals surface area contributed by atoms with Crippen molar-refractivity contribution in [2.24, 2.45) is 0 Å². The van der Waals surface area contributed by atoms with Crippen LogP contribution in [-0.2, 0) is 0 Å². The van der Waals surface area contributed by atoms with Crippen molar-refractivity contribution in [3.8, 4) is 6.07 Å². The maximum absolute atomic E-state index is 8.80. The first-order valence-electron chi connectivity index (χ1n) is 6.21. The molecule has 1 aromatic carbocycles. The Kier molecular flexibility index (Phi) is 2.49. The average Bonchev–Trinajstić information content (AvgIpc) is 2.61. The van der Waals surface area contributed by atoms with Gasteiger partial charge < -0.3 is 0 Å². The summed E-state index contributed by atoms with van der Waals surface area (Å²) in [5, 5.41) is 8.80. The molecule has 2 unspecified atom stereocenters. The Morgan fingerprint density at radius 3 is 2.65 bits per heavy atom. The molecule has 2 heterocycles. The average molecular weight is 223 g/mol. The van der Waals surface area contributed by atoms with Gasteiger partial charge in [-0.2, -0.15) is 5.26 Å². The molecule has 86 valence electrons. The lowest BCUT2D eigenvalue weighted by Gasteiger charge is -2.30. The summed E-state index contributed by atoms with van der Waals surface area (Å²) in [5.74, 6) is 0. The van der Waals surface area contributed by atoms with Gasteiger partial charge in [-0.05, 0) is 49.6 Å². The molecule has 2 atom stereocenters. The molecule has 0 aliphatic carbocycles. The number of fused-ring (bicyclic) bond motifs is 2. The number of nitrogens with zero attached hydrogens (tertiary/aromatic N) is 2. The molecular weight excluding hydrogens is 207 g/mol. The lowest BCUT2D eigenvalue weighted by atomic mass is 9.93. The largest absolute Gasteiger partial charge is 0.297 e. The predicted molar refractivity (Wildman–Crippen MR) is 68.3 cm³/mol. The second-order valence-electron chi connectivity index (χ2n) is 5.05. The Morgan fingerprint density at radius 1 is 1.24 bits per heavy atom. The monoisotopic (exact) mass is 223 g/mol. The highest BCUT2D eigenvalue weighted by Crippen LogP contribution is 2.37. The molecule has 17 heavy (non-hydrogen) atoms. The Labute approximate surface area is 102 Å². The molecule has 2 nitrogen and oxygen atoms in total. The van der Waals surface area contributed by atoms with Gasteiger partial charge in [0.15, 0.2) is 0 Å². The van der Waals surface area contributed by atoms with Crippen molar-refractivity contribution < 1.29 is 0 Å². The van der Waals surface area contributed by atoms with E-state index in [1.54, 1.807) is 0 Å². The molecule has 2 heteroatoms. The van der Waals surface area contributed by atoms with E-state index in [9.17, 15) is 0 Å². The van der Waals surface area contributed by atoms with Gasteiger partial charge in [-0.3, -0.25) is 4.90 Å². The molecule has 2 aliphatic rings. The van der Waals surface area contributed by atoms with Gasteiger partial charge in [0.2, 0.25) is 0 Å². The van der Waals surface area contributed by atoms with Crippen LogP contribution >= 0.6 is 0 Å². The maximum Gasteiger partial charge on any atom is 0.0991 e. The number of likely N-dealkylation sites (N-methyl/N-ethyl adjacent to an activating group) is 1. The first-order chi connectivity index (χ1) is 8.28. The summed E-state index contributed by atoms with van der Waals surface area (Å²) in [6, 6.07) is 11.5. The number of benzene rings is 1. The Morgan fingerprint density at radius 2 is 2.00 bits per heavy atom. The molecule has 2 bridgehead atoms. The summed E-state index contributed by atoms with van der Waals surface area (Å²) >= 11 is 0. The van der Waals surface area contributed by atoms with Gasteiger partial charge in [-0.15, -0.1) is 0 Å². The molecule has 1 fully saturated rings. The number of hydrogen-bond donors (Lipinski definition) is 0. The Bertz CT molecular complexity index is 493. The van der Waals surface area contributed by atoms with Crippen LogP contribution in [0.3, 0.4) is 0 Å². The topological polar surface area (TPSA) is 27.0 Å². The van der Waals surface area contributed by atoms with Gasteiger partial charge in [0.25, 0.3) is 0 Å². The second-order valence-corrected chi connectivity index (χ2v) is 5.05. The Balaban J connectivity index is 1.90. The van der Waals surface area contributed by atoms with Crippen molar-refractivity contribution in [3.63, 3.8) is 0 Å². The second kappa shape index (κ2) is 4.01. The summed E-state index contributed by atoms with van der Waals surface area (Å²) in [6.07, 6.45) is 6.17. The van der Waals surface area contributed by atoms with Crippen molar-refractivity contribution in [1.82, 2.24) is 4.90 Å². The van der Waals surface area contributed by atoms with E-state index in [2.05, 4.69) is 36.2 Å². The molecular formula is C15H16N2. The van der Waals surface area contributed by atoms with E-state index >= 15 is 0 Å². The summed E-state index contributed by atoms with van der Waals surface area (Å²) in [6.45, 7) is 0. The highest BCUT2D eigenvalue weighted by molar-refractivity contribution is 5.68. The van der Waals surface area contributed by atoms with Gasteiger partial charge in [0.05, 0.1) is 11.6 Å². The molecule has 3 rings (SSSR count). The highest BCUT2D eigenvalue weighted by Gasteiger charge is 2.33. The lowest BCUT2D eigenvalue weighted by Crippen LogP contribution is -2.34. The summed E-state index contributed by atoms with van der Waals surface area (Å²) < 4.78 is 0. The van der Waals surface area contributed by atoms with Crippen LogP contribution in [0.4, 0.5) is 0 Å². The highest BCUT2D eigenvalue weighted by atomic mass is 15.1. The van der Waals surface area contributed by atoms with Gasteiger partial charge in [-0.25, -0.2) is 0 Å². The normalized spacial score (nSPS) is 27.6. The minimum Gasteiger partial charge on any atom is -0.297 e. The zero-order valence-electron chi connectivity index (χ0n) is 10.1. The summed E-state index contributed by atoms with van der Waals surface area (Å²) in [5.41, 5.74) is 3.49. The number of hydrogen-bond acceptors (Lipinski definition) is 2. The zero-order valence-corrected chi connectivity index (χ0v) is 10.1. The smallest absolute Gasteiger partial charge is 0.0991 e. The molecule has 1 saturated heterocycles. The van der Waals surface area contributed by atoms with Crippen LogP contribution in [-0.4, -0.2) is 24.0 Å². The van der Waals surface area contributed by atoms with E-state index in [1.165, 1.54) is 24.0 Å². The van der Waals surface area contributed by atoms with Gasteiger partial charge in [-0.1, -0.05) is 18.2 Å². The van der Waals surface area contributed by atoms with E-state index in [-0.39, 0.29) is 0 Å². The quantitative estimate of drug-likeness (QED) is 0.732. The molecule has 0 saturated carbocycles. The SMILES string of the molecule is [11CH3]N1C2C=C(c3ccc(C#N)cc3)CC1CC2. The molecule has 0 aromatic heterocycles. The number of nitriles is 1. The van der Waals surface area contributed by atoms with Gasteiger partial charge in [0.1, 0.15) is 0 Å². The molecule has 0 N–H and O–H groups in total. The van der Waals surface area contributed by atoms with Crippen LogP contribution < -0.4 is 0 Å². The molecule has 0 radical (unpaired) electrons. The van der Waals surface area contributed by atoms with Crippen LogP contribution in [0.15, 0.2) is 30.3 Å². The van der Waals surface area contributed by atoms with Crippen molar-refractivity contribution >= 4 is 5.57 Å². The minimum absolute atomic E-state index is 0.624. The van der Waals surface area contributed by atoms with Crippen LogP contribution in [0.5, 0.6) is 0 Å². The van der Waals surface area contributed by atoms with E-state index < -0.39 is 0 Å². The van der Waals surface area contributed by atoms with Crippen molar-refractivity contribution in [2.45, 2.75) is 31.3 Å². The molecule has 0 spiro atoms. The predicted octanol–water partition coefficient (Wildman–Crippen LogP) is 2.81. The van der Waals surface area contributed by atoms with Crippen molar-refractivity contribution in [1.29, 1.82) is 5.26 Å². The standard InChI is InChI=1S/C15H16N2/c1-17-14-6-7-15(17)9-13(8-14)12-4-2-11(10-16)3-5-12/h2-5,8,14-15H,6-7,9H2,1H3/i1-1. The lowest BCUT2D eigenvalue weighted by molar-refractivity contribution is 0.264. The Hall–Kier alpha value is -1.59. The molecule has 2 aliphatic heterocycles. The van der Waals surface area contributed by atoms with Crippen molar-refractivity contribution in [3.05, 3.63) is 41.5 Å². The van der Waals surface area contributed by atoms with E-state index in [4.69, 9.17) is 5.26 Å². The molecule has 1 aromatic rings. The zero-order chi connectivity index (χ0) is 11.8.